The predicted octanol–water partition coefficient (Wildman–Crippen LogP) is 3.67. The molecule has 0 aliphatic carbocycles. The van der Waals surface area contributed by atoms with Crippen molar-refractivity contribution in [1.82, 2.24) is 9.62 Å². The van der Waals surface area contributed by atoms with Gasteiger partial charge in [0.2, 0.25) is 0 Å². The molecule has 0 aromatic heterocycles. The minimum atomic E-state index is -2.77. The lowest BCUT2D eigenvalue weighted by Gasteiger charge is -2.39. The van der Waals surface area contributed by atoms with E-state index in [1.54, 1.807) is 24.1 Å². The maximum atomic E-state index is 12.2. The van der Waals surface area contributed by atoms with E-state index >= 15 is 0 Å². The Kier molecular flexibility index (Phi) is 5.45. The van der Waals surface area contributed by atoms with E-state index in [0.717, 1.165) is 24.5 Å². The summed E-state index contributed by atoms with van der Waals surface area (Å²) in [5.41, 5.74) is 0. The highest BCUT2D eigenvalue weighted by molar-refractivity contribution is 7.97. The fraction of sp³-hybridized carbons (Fsp3) is 0.667. The van der Waals surface area contributed by atoms with Crippen molar-refractivity contribution in [2.45, 2.75) is 67.8 Å². The summed E-state index contributed by atoms with van der Waals surface area (Å²) in [4.78, 5) is 1.08. The summed E-state index contributed by atoms with van der Waals surface area (Å²) < 4.78 is 36.9. The molecular weight excluding hydrogens is 346 g/mol. The second-order valence-electron chi connectivity index (χ2n) is 7.08. The van der Waals surface area contributed by atoms with Gasteiger partial charge in [0.25, 0.3) is 0 Å². The van der Waals surface area contributed by atoms with Gasteiger partial charge in [0, 0.05) is 35.7 Å². The number of hydrogen-bond donors (Lipinski definition) is 1. The average molecular weight is 370 g/mol. The van der Waals surface area contributed by atoms with E-state index in [2.05, 4.69) is 14.4 Å². The molecular formula is C18H24F2N2O2S. The number of piperidine rings is 1. The molecule has 7 heteroatoms. The normalized spacial score (nSPS) is 32.4. The van der Waals surface area contributed by atoms with Crippen molar-refractivity contribution in [2.24, 2.45) is 0 Å². The molecule has 25 heavy (non-hydrogen) atoms. The molecule has 1 N–H and O–H groups in total. The number of rotatable bonds is 6. The van der Waals surface area contributed by atoms with Gasteiger partial charge in [-0.3, -0.25) is 0 Å². The van der Waals surface area contributed by atoms with E-state index in [1.807, 2.05) is 12.1 Å². The Balaban J connectivity index is 1.33. The summed E-state index contributed by atoms with van der Waals surface area (Å²) in [7, 11) is 0. The van der Waals surface area contributed by atoms with Crippen molar-refractivity contribution in [2.75, 3.05) is 13.2 Å². The monoisotopic (exact) mass is 370 g/mol. The van der Waals surface area contributed by atoms with Crippen molar-refractivity contribution in [3.8, 4) is 5.75 Å². The molecule has 0 amide bonds. The molecule has 0 saturated carbocycles. The number of halogens is 2. The van der Waals surface area contributed by atoms with Crippen LogP contribution in [0, 0.1) is 0 Å². The van der Waals surface area contributed by atoms with E-state index in [9.17, 15) is 8.78 Å². The van der Waals surface area contributed by atoms with Gasteiger partial charge in [0.15, 0.2) is 0 Å². The summed E-state index contributed by atoms with van der Waals surface area (Å²) in [5, 5.41) is 3.78. The molecule has 3 saturated heterocycles. The van der Waals surface area contributed by atoms with Crippen LogP contribution in [0.15, 0.2) is 29.2 Å². The first kappa shape index (κ1) is 17.5. The standard InChI is InChI=1S/C18H24F2N2O2S/c19-18(20)24-16-3-5-17(6-4-16)25-22-14-1-2-15(22)10-13(9-14)21-12-7-8-23-11-12/h3-6,12-15,18,21H,1-2,7-11H2. The summed E-state index contributed by atoms with van der Waals surface area (Å²) >= 11 is 1.75. The van der Waals surface area contributed by atoms with E-state index in [1.165, 1.54) is 25.7 Å². The Bertz CT molecular complexity index is 555. The fourth-order valence-corrected chi connectivity index (χ4v) is 5.40. The number of ether oxygens (including phenoxy) is 2. The predicted molar refractivity (Wildman–Crippen MR) is 93.0 cm³/mol. The first-order valence-electron chi connectivity index (χ1n) is 9.02. The van der Waals surface area contributed by atoms with Crippen molar-refractivity contribution < 1.29 is 18.3 Å². The van der Waals surface area contributed by atoms with Crippen LogP contribution in [0.2, 0.25) is 0 Å². The van der Waals surface area contributed by atoms with Gasteiger partial charge >= 0.3 is 6.61 Å². The first-order valence-corrected chi connectivity index (χ1v) is 9.79. The molecule has 138 valence electrons. The van der Waals surface area contributed by atoms with Crippen LogP contribution >= 0.6 is 11.9 Å². The quantitative estimate of drug-likeness (QED) is 0.773. The van der Waals surface area contributed by atoms with Crippen LogP contribution in [0.1, 0.15) is 32.1 Å². The third-order valence-electron chi connectivity index (χ3n) is 5.33. The topological polar surface area (TPSA) is 33.7 Å². The zero-order valence-electron chi connectivity index (χ0n) is 14.1. The summed E-state index contributed by atoms with van der Waals surface area (Å²) in [6.07, 6.45) is 5.95. The molecule has 3 unspecified atom stereocenters. The fourth-order valence-electron chi connectivity index (χ4n) is 4.22. The van der Waals surface area contributed by atoms with Gasteiger partial charge in [-0.05, 0) is 68.3 Å². The number of hydrogen-bond acceptors (Lipinski definition) is 5. The lowest BCUT2D eigenvalue weighted by atomic mass is 9.98. The number of benzene rings is 1. The van der Waals surface area contributed by atoms with E-state index in [0.29, 0.717) is 24.2 Å². The molecule has 3 aliphatic rings. The second-order valence-corrected chi connectivity index (χ2v) is 8.16. The molecule has 4 nitrogen and oxygen atoms in total. The van der Waals surface area contributed by atoms with Gasteiger partial charge < -0.3 is 14.8 Å². The van der Waals surface area contributed by atoms with E-state index in [-0.39, 0.29) is 5.75 Å². The van der Waals surface area contributed by atoms with Crippen molar-refractivity contribution in [3.05, 3.63) is 24.3 Å². The molecule has 1 aromatic rings. The maximum Gasteiger partial charge on any atom is 0.387 e. The molecule has 3 fully saturated rings. The molecule has 4 rings (SSSR count). The molecule has 1 aromatic carbocycles. The zero-order valence-corrected chi connectivity index (χ0v) is 14.9. The zero-order chi connectivity index (χ0) is 17.2. The third kappa shape index (κ3) is 4.27. The van der Waals surface area contributed by atoms with Crippen molar-refractivity contribution in [3.63, 3.8) is 0 Å². The summed E-state index contributed by atoms with van der Waals surface area (Å²) in [5.74, 6) is 0.212. The van der Waals surface area contributed by atoms with Gasteiger partial charge in [-0.25, -0.2) is 4.31 Å². The Hall–Kier alpha value is -0.890. The first-order chi connectivity index (χ1) is 12.2. The second kappa shape index (κ2) is 7.78. The SMILES string of the molecule is FC(F)Oc1ccc(SN2C3CCC2CC(NC2CCOC2)C3)cc1. The highest BCUT2D eigenvalue weighted by Gasteiger charge is 2.41. The Morgan fingerprint density at radius 2 is 1.80 bits per heavy atom. The van der Waals surface area contributed by atoms with Crippen LogP contribution in [-0.2, 0) is 4.74 Å². The minimum absolute atomic E-state index is 0.212. The average Bonchev–Trinajstić information content (AvgIpc) is 3.15. The molecule has 0 spiro atoms. The number of alkyl halides is 2. The Labute approximate surface area is 151 Å². The largest absolute Gasteiger partial charge is 0.435 e. The summed E-state index contributed by atoms with van der Waals surface area (Å²) in [6, 6.07) is 9.23. The lowest BCUT2D eigenvalue weighted by Crippen LogP contribution is -2.49. The smallest absolute Gasteiger partial charge is 0.387 e. The lowest BCUT2D eigenvalue weighted by molar-refractivity contribution is -0.0498. The number of nitrogens with one attached hydrogen (secondary N) is 1. The van der Waals surface area contributed by atoms with Gasteiger partial charge in [-0.15, -0.1) is 0 Å². The molecule has 3 atom stereocenters. The van der Waals surface area contributed by atoms with Gasteiger partial charge in [0.05, 0.1) is 6.61 Å². The van der Waals surface area contributed by atoms with Crippen LogP contribution in [-0.4, -0.2) is 48.3 Å². The molecule has 3 aliphatic heterocycles. The third-order valence-corrected chi connectivity index (χ3v) is 6.62. The van der Waals surface area contributed by atoms with Crippen LogP contribution in [0.3, 0.4) is 0 Å². The Morgan fingerprint density at radius 3 is 2.40 bits per heavy atom. The van der Waals surface area contributed by atoms with Gasteiger partial charge in [0.1, 0.15) is 5.75 Å². The minimum Gasteiger partial charge on any atom is -0.435 e. The molecule has 2 bridgehead atoms. The van der Waals surface area contributed by atoms with Crippen LogP contribution in [0.5, 0.6) is 5.75 Å². The number of fused-ring (bicyclic) bond motifs is 2. The van der Waals surface area contributed by atoms with Crippen molar-refractivity contribution in [1.29, 1.82) is 0 Å². The van der Waals surface area contributed by atoms with Crippen molar-refractivity contribution >= 4 is 11.9 Å². The molecule has 0 radical (unpaired) electrons. The maximum absolute atomic E-state index is 12.2. The highest BCUT2D eigenvalue weighted by atomic mass is 32.2. The van der Waals surface area contributed by atoms with Crippen LogP contribution in [0.25, 0.3) is 0 Å². The summed E-state index contributed by atoms with van der Waals surface area (Å²) in [6.45, 7) is -1.05. The van der Waals surface area contributed by atoms with E-state index < -0.39 is 6.61 Å². The number of nitrogens with zero attached hydrogens (tertiary/aromatic N) is 1. The highest BCUT2D eigenvalue weighted by Crippen LogP contribution is 2.43. The molecule has 3 heterocycles. The van der Waals surface area contributed by atoms with Gasteiger partial charge in [-0.1, -0.05) is 0 Å². The van der Waals surface area contributed by atoms with Crippen LogP contribution < -0.4 is 10.1 Å². The Morgan fingerprint density at radius 1 is 1.08 bits per heavy atom. The van der Waals surface area contributed by atoms with E-state index in [4.69, 9.17) is 4.74 Å². The van der Waals surface area contributed by atoms with Gasteiger partial charge in [-0.2, -0.15) is 8.78 Å². The van der Waals surface area contributed by atoms with Crippen LogP contribution in [0.4, 0.5) is 8.78 Å².